The van der Waals surface area contributed by atoms with Crippen molar-refractivity contribution in [1.29, 1.82) is 0 Å². The van der Waals surface area contributed by atoms with Crippen molar-refractivity contribution in [2.24, 2.45) is 0 Å². The summed E-state index contributed by atoms with van der Waals surface area (Å²) in [5.41, 5.74) is 1.35. The molecule has 19 heavy (non-hydrogen) atoms. The van der Waals surface area contributed by atoms with Crippen LogP contribution < -0.4 is 0 Å². The van der Waals surface area contributed by atoms with Crippen LogP contribution in [0.15, 0.2) is 17.4 Å². The molecular formula is C11H8Cl3N3OS. The van der Waals surface area contributed by atoms with Crippen molar-refractivity contribution in [3.05, 3.63) is 38.7 Å². The third kappa shape index (κ3) is 3.63. The van der Waals surface area contributed by atoms with Gasteiger partial charge in [0.1, 0.15) is 5.15 Å². The molecule has 2 heterocycles. The molecule has 0 saturated heterocycles. The first-order valence-corrected chi connectivity index (χ1v) is 7.25. The Kier molecular flexibility index (Phi) is 4.73. The maximum Gasteiger partial charge on any atom is 0.215 e. The lowest BCUT2D eigenvalue weighted by atomic mass is 10.3. The van der Waals surface area contributed by atoms with Gasteiger partial charge in [0, 0.05) is 29.3 Å². The SMILES string of the molecule is Cc1cc(O)nc(SCc2c(Cl)cnc(Cl)c2Cl)n1. The topological polar surface area (TPSA) is 58.9 Å². The Morgan fingerprint density at radius 3 is 2.68 bits per heavy atom. The first-order chi connectivity index (χ1) is 8.97. The van der Waals surface area contributed by atoms with E-state index in [-0.39, 0.29) is 11.0 Å². The Bertz CT molecular complexity index is 604. The second-order valence-corrected chi connectivity index (χ2v) is 5.71. The largest absolute Gasteiger partial charge is 0.493 e. The molecule has 0 aliphatic carbocycles. The lowest BCUT2D eigenvalue weighted by molar-refractivity contribution is 0.444. The number of aromatic hydroxyl groups is 1. The summed E-state index contributed by atoms with van der Waals surface area (Å²) in [7, 11) is 0. The van der Waals surface area contributed by atoms with E-state index >= 15 is 0 Å². The molecule has 0 aliphatic heterocycles. The van der Waals surface area contributed by atoms with Gasteiger partial charge in [-0.05, 0) is 6.92 Å². The zero-order valence-electron chi connectivity index (χ0n) is 9.69. The van der Waals surface area contributed by atoms with E-state index in [1.54, 1.807) is 6.92 Å². The first kappa shape index (κ1) is 14.7. The highest BCUT2D eigenvalue weighted by atomic mass is 35.5. The monoisotopic (exact) mass is 335 g/mol. The fourth-order valence-electron chi connectivity index (χ4n) is 1.34. The molecule has 0 fully saturated rings. The van der Waals surface area contributed by atoms with Crippen molar-refractivity contribution in [3.63, 3.8) is 0 Å². The number of halogens is 3. The highest BCUT2D eigenvalue weighted by Crippen LogP contribution is 2.33. The van der Waals surface area contributed by atoms with Gasteiger partial charge in [0.15, 0.2) is 5.16 Å². The summed E-state index contributed by atoms with van der Waals surface area (Å²) in [6.07, 6.45) is 1.44. The zero-order chi connectivity index (χ0) is 14.0. The van der Waals surface area contributed by atoms with Crippen LogP contribution >= 0.6 is 46.6 Å². The Hall–Kier alpha value is -0.750. The summed E-state index contributed by atoms with van der Waals surface area (Å²) in [5.74, 6) is 0.364. The maximum absolute atomic E-state index is 9.40. The molecule has 100 valence electrons. The van der Waals surface area contributed by atoms with E-state index in [1.807, 2.05) is 0 Å². The van der Waals surface area contributed by atoms with Crippen molar-refractivity contribution >= 4 is 46.6 Å². The molecule has 0 radical (unpaired) electrons. The predicted octanol–water partition coefficient (Wildman–Crippen LogP) is 4.14. The number of hydrogen-bond donors (Lipinski definition) is 1. The molecule has 2 rings (SSSR count). The van der Waals surface area contributed by atoms with Gasteiger partial charge >= 0.3 is 0 Å². The standard InChI is InChI=1S/C11H8Cl3N3OS/c1-5-2-8(18)17-11(16-5)19-4-6-7(12)3-15-10(14)9(6)13/h2-3H,4H2,1H3,(H,16,17,18). The second-order valence-electron chi connectivity index (χ2n) is 3.63. The van der Waals surface area contributed by atoms with E-state index in [4.69, 9.17) is 34.8 Å². The number of nitrogens with zero attached hydrogens (tertiary/aromatic N) is 3. The van der Waals surface area contributed by atoms with Crippen molar-refractivity contribution in [2.45, 2.75) is 17.8 Å². The third-order valence-electron chi connectivity index (χ3n) is 2.19. The fourth-order valence-corrected chi connectivity index (χ4v) is 3.07. The molecule has 8 heteroatoms. The Balaban J connectivity index is 2.21. The van der Waals surface area contributed by atoms with Gasteiger partial charge in [-0.1, -0.05) is 46.6 Å². The van der Waals surface area contributed by atoms with E-state index in [0.29, 0.717) is 32.2 Å². The smallest absolute Gasteiger partial charge is 0.215 e. The van der Waals surface area contributed by atoms with Crippen LogP contribution in [0.4, 0.5) is 0 Å². The Labute approximate surface area is 129 Å². The van der Waals surface area contributed by atoms with E-state index in [0.717, 1.165) is 0 Å². The van der Waals surface area contributed by atoms with Crippen molar-refractivity contribution in [1.82, 2.24) is 15.0 Å². The third-order valence-corrected chi connectivity index (χ3v) is 4.18. The summed E-state index contributed by atoms with van der Waals surface area (Å²) in [5, 5.41) is 10.8. The molecule has 1 N–H and O–H groups in total. The van der Waals surface area contributed by atoms with Crippen LogP contribution in [0.2, 0.25) is 15.2 Å². The summed E-state index contributed by atoms with van der Waals surface area (Å²) in [6, 6.07) is 1.48. The minimum atomic E-state index is -0.0695. The molecule has 4 nitrogen and oxygen atoms in total. The van der Waals surface area contributed by atoms with Crippen LogP contribution in [0.5, 0.6) is 5.88 Å². The summed E-state index contributed by atoms with van der Waals surface area (Å²) in [6.45, 7) is 1.77. The van der Waals surface area contributed by atoms with Gasteiger partial charge in [0.25, 0.3) is 0 Å². The lowest BCUT2D eigenvalue weighted by Gasteiger charge is -2.07. The number of thioether (sulfide) groups is 1. The lowest BCUT2D eigenvalue weighted by Crippen LogP contribution is -1.93. The minimum absolute atomic E-state index is 0.0695. The van der Waals surface area contributed by atoms with Crippen LogP contribution in [-0.4, -0.2) is 20.1 Å². The molecule has 0 bridgehead atoms. The van der Waals surface area contributed by atoms with E-state index in [9.17, 15) is 5.11 Å². The van der Waals surface area contributed by atoms with Crippen LogP contribution in [0.25, 0.3) is 0 Å². The molecule has 0 atom stereocenters. The quantitative estimate of drug-likeness (QED) is 0.518. The number of aryl methyl sites for hydroxylation is 1. The van der Waals surface area contributed by atoms with Crippen LogP contribution in [0.3, 0.4) is 0 Å². The average molecular weight is 337 g/mol. The van der Waals surface area contributed by atoms with Crippen molar-refractivity contribution < 1.29 is 5.11 Å². The molecule has 2 aromatic rings. The first-order valence-electron chi connectivity index (χ1n) is 5.13. The van der Waals surface area contributed by atoms with E-state index in [1.165, 1.54) is 24.0 Å². The summed E-state index contributed by atoms with van der Waals surface area (Å²) >= 11 is 19.2. The molecule has 0 amide bonds. The normalized spacial score (nSPS) is 10.7. The zero-order valence-corrected chi connectivity index (χ0v) is 12.8. The predicted molar refractivity (Wildman–Crippen MR) is 77.3 cm³/mol. The minimum Gasteiger partial charge on any atom is -0.493 e. The van der Waals surface area contributed by atoms with Crippen LogP contribution in [-0.2, 0) is 5.75 Å². The van der Waals surface area contributed by atoms with Gasteiger partial charge in [0.2, 0.25) is 5.88 Å². The number of aromatic nitrogens is 3. The van der Waals surface area contributed by atoms with Gasteiger partial charge in [-0.25, -0.2) is 9.97 Å². The van der Waals surface area contributed by atoms with Crippen molar-refractivity contribution in [2.75, 3.05) is 0 Å². The molecular weight excluding hydrogens is 329 g/mol. The second kappa shape index (κ2) is 6.13. The molecule has 0 aliphatic rings. The van der Waals surface area contributed by atoms with Crippen LogP contribution in [0.1, 0.15) is 11.3 Å². The fraction of sp³-hybridized carbons (Fsp3) is 0.182. The molecule has 2 aromatic heterocycles. The maximum atomic E-state index is 9.40. The van der Waals surface area contributed by atoms with Gasteiger partial charge in [-0.3, -0.25) is 0 Å². The molecule has 0 spiro atoms. The molecule has 0 aromatic carbocycles. The molecule has 0 unspecified atom stereocenters. The number of rotatable bonds is 3. The highest BCUT2D eigenvalue weighted by molar-refractivity contribution is 7.98. The van der Waals surface area contributed by atoms with Crippen LogP contribution in [0, 0.1) is 6.92 Å². The summed E-state index contributed by atoms with van der Waals surface area (Å²) < 4.78 is 0. The number of hydrogen-bond acceptors (Lipinski definition) is 5. The van der Waals surface area contributed by atoms with Gasteiger partial charge < -0.3 is 5.11 Å². The van der Waals surface area contributed by atoms with Gasteiger partial charge in [-0.2, -0.15) is 4.98 Å². The van der Waals surface area contributed by atoms with E-state index in [2.05, 4.69) is 15.0 Å². The average Bonchev–Trinajstić information content (AvgIpc) is 2.33. The molecule has 0 saturated carbocycles. The highest BCUT2D eigenvalue weighted by Gasteiger charge is 2.12. The van der Waals surface area contributed by atoms with Crippen molar-refractivity contribution in [3.8, 4) is 5.88 Å². The van der Waals surface area contributed by atoms with Gasteiger partial charge in [0.05, 0.1) is 10.0 Å². The van der Waals surface area contributed by atoms with Gasteiger partial charge in [-0.15, -0.1) is 0 Å². The van der Waals surface area contributed by atoms with E-state index < -0.39 is 0 Å². The Morgan fingerprint density at radius 1 is 1.26 bits per heavy atom. The summed E-state index contributed by atoms with van der Waals surface area (Å²) in [4.78, 5) is 11.9. The number of pyridine rings is 1. The Morgan fingerprint density at radius 2 is 2.00 bits per heavy atom.